The number of benzene rings is 1. The first kappa shape index (κ1) is 26.5. The highest BCUT2D eigenvalue weighted by Gasteiger charge is 2.23. The number of nitrogens with zero attached hydrogens (tertiary/aromatic N) is 5. The maximum absolute atomic E-state index is 15.4. The van der Waals surface area contributed by atoms with Gasteiger partial charge in [0.25, 0.3) is 10.0 Å². The third-order valence-electron chi connectivity index (χ3n) is 6.31. The average molecular weight is 555 g/mol. The van der Waals surface area contributed by atoms with Crippen LogP contribution >= 0.6 is 0 Å². The molecular formula is C27H28F2N6O3S. The summed E-state index contributed by atoms with van der Waals surface area (Å²) < 4.78 is 63.0. The third-order valence-corrected chi connectivity index (χ3v) is 7.65. The highest BCUT2D eigenvalue weighted by atomic mass is 32.2. The van der Waals surface area contributed by atoms with Crippen molar-refractivity contribution in [3.8, 4) is 16.9 Å². The summed E-state index contributed by atoms with van der Waals surface area (Å²) in [7, 11) is -4.14. The fourth-order valence-electron chi connectivity index (χ4n) is 4.13. The summed E-state index contributed by atoms with van der Waals surface area (Å²) in [6.45, 7) is 3.81. The summed E-state index contributed by atoms with van der Waals surface area (Å²) in [6.07, 6.45) is 15.9. The summed E-state index contributed by atoms with van der Waals surface area (Å²) in [5, 5.41) is 8.01. The smallest absolute Gasteiger partial charge is 0.265 e. The highest BCUT2D eigenvalue weighted by molar-refractivity contribution is 7.92. The third kappa shape index (κ3) is 6.17. The predicted molar refractivity (Wildman–Crippen MR) is 143 cm³/mol. The first-order chi connectivity index (χ1) is 18.9. The molecule has 0 amide bonds. The van der Waals surface area contributed by atoms with Crippen LogP contribution in [0.25, 0.3) is 16.9 Å². The van der Waals surface area contributed by atoms with Crippen molar-refractivity contribution < 1.29 is 21.6 Å². The Kier molecular flexibility index (Phi) is 7.73. The van der Waals surface area contributed by atoms with Gasteiger partial charge >= 0.3 is 0 Å². The number of hydrogen-bond donors (Lipinski definition) is 1. The molecule has 1 aromatic carbocycles. The standard InChI is InChI=1S/C27H28F2N6O3S/c1-2-11-34(12-4-3-5-19-6-7-19)21-14-20(15-30-16-21)25-17-35(33-31-25)27-23(28)8-9-24(26(27)29)32-39(36,37)22-10-13-38-18-22/h3,5,8-10,13-19,32H,2,4,6-7,11-12H2,1H3/b5-3-. The molecule has 4 aromatic rings. The molecule has 0 spiro atoms. The maximum atomic E-state index is 15.4. The second kappa shape index (κ2) is 11.4. The van der Waals surface area contributed by atoms with E-state index in [1.807, 2.05) is 6.07 Å². The van der Waals surface area contributed by atoms with Crippen LogP contribution in [0.3, 0.4) is 0 Å². The Morgan fingerprint density at radius 2 is 2.05 bits per heavy atom. The van der Waals surface area contributed by atoms with Gasteiger partial charge in [0.15, 0.2) is 11.6 Å². The molecule has 9 nitrogen and oxygen atoms in total. The number of aromatic nitrogens is 4. The number of sulfonamides is 1. The molecule has 1 fully saturated rings. The molecule has 1 N–H and O–H groups in total. The zero-order chi connectivity index (χ0) is 27.4. The van der Waals surface area contributed by atoms with Crippen molar-refractivity contribution in [1.29, 1.82) is 0 Å². The fourth-order valence-corrected chi connectivity index (χ4v) is 5.11. The van der Waals surface area contributed by atoms with Gasteiger partial charge in [0.05, 0.1) is 30.0 Å². The molecule has 1 aliphatic rings. The first-order valence-corrected chi connectivity index (χ1v) is 14.2. The van der Waals surface area contributed by atoms with Gasteiger partial charge in [-0.2, -0.15) is 0 Å². The van der Waals surface area contributed by atoms with Crippen LogP contribution in [-0.2, 0) is 10.0 Å². The number of hydrogen-bond acceptors (Lipinski definition) is 7. The van der Waals surface area contributed by atoms with Crippen molar-refractivity contribution in [3.05, 3.63) is 79.2 Å². The molecule has 3 heterocycles. The number of rotatable bonds is 12. The van der Waals surface area contributed by atoms with E-state index < -0.39 is 33.0 Å². The minimum absolute atomic E-state index is 0.195. The van der Waals surface area contributed by atoms with Crippen LogP contribution in [0.4, 0.5) is 20.2 Å². The van der Waals surface area contributed by atoms with Crippen LogP contribution < -0.4 is 9.62 Å². The molecule has 1 aliphatic carbocycles. The van der Waals surface area contributed by atoms with E-state index in [9.17, 15) is 12.8 Å². The number of furan rings is 1. The summed E-state index contributed by atoms with van der Waals surface area (Å²) in [5.41, 5.74) is 0.889. The van der Waals surface area contributed by atoms with Crippen LogP contribution in [0.15, 0.2) is 76.8 Å². The van der Waals surface area contributed by atoms with Gasteiger partial charge in [0, 0.05) is 24.8 Å². The van der Waals surface area contributed by atoms with E-state index in [0.29, 0.717) is 11.3 Å². The van der Waals surface area contributed by atoms with Crippen LogP contribution in [0.1, 0.15) is 32.6 Å². The Balaban J connectivity index is 1.38. The lowest BCUT2D eigenvalue weighted by Crippen LogP contribution is -2.25. The van der Waals surface area contributed by atoms with Crippen molar-refractivity contribution in [1.82, 2.24) is 20.0 Å². The number of halogens is 2. The van der Waals surface area contributed by atoms with Gasteiger partial charge in [-0.25, -0.2) is 21.9 Å². The van der Waals surface area contributed by atoms with Gasteiger partial charge in [-0.1, -0.05) is 24.3 Å². The van der Waals surface area contributed by atoms with Gasteiger partial charge in [-0.15, -0.1) is 5.10 Å². The Morgan fingerprint density at radius 3 is 2.79 bits per heavy atom. The molecule has 0 radical (unpaired) electrons. The molecule has 12 heteroatoms. The molecule has 0 unspecified atom stereocenters. The molecule has 39 heavy (non-hydrogen) atoms. The van der Waals surface area contributed by atoms with Gasteiger partial charge in [0.2, 0.25) is 0 Å². The predicted octanol–water partition coefficient (Wildman–Crippen LogP) is 5.57. The van der Waals surface area contributed by atoms with Crippen LogP contribution in [-0.4, -0.2) is 41.5 Å². The lowest BCUT2D eigenvalue weighted by Gasteiger charge is -2.23. The van der Waals surface area contributed by atoms with E-state index in [4.69, 9.17) is 4.42 Å². The maximum Gasteiger partial charge on any atom is 0.265 e. The van der Waals surface area contributed by atoms with E-state index in [0.717, 1.165) is 60.6 Å². The summed E-state index contributed by atoms with van der Waals surface area (Å²) in [5.74, 6) is -1.33. The van der Waals surface area contributed by atoms with Gasteiger partial charge in [-0.05, 0) is 55.9 Å². The monoisotopic (exact) mass is 554 g/mol. The Labute approximate surface area is 225 Å². The van der Waals surface area contributed by atoms with E-state index in [-0.39, 0.29) is 4.90 Å². The van der Waals surface area contributed by atoms with Crippen LogP contribution in [0, 0.1) is 17.6 Å². The molecule has 0 saturated heterocycles. The zero-order valence-electron chi connectivity index (χ0n) is 21.3. The summed E-state index contributed by atoms with van der Waals surface area (Å²) in [6, 6.07) is 5.08. The van der Waals surface area contributed by atoms with Gasteiger partial charge in [-0.3, -0.25) is 9.71 Å². The molecule has 0 aliphatic heterocycles. The van der Waals surface area contributed by atoms with Crippen LogP contribution in [0.5, 0.6) is 0 Å². The number of allylic oxidation sites excluding steroid dienone is 1. The summed E-state index contributed by atoms with van der Waals surface area (Å²) in [4.78, 5) is 6.41. The van der Waals surface area contributed by atoms with Gasteiger partial charge < -0.3 is 9.32 Å². The highest BCUT2D eigenvalue weighted by Crippen LogP contribution is 2.31. The van der Waals surface area contributed by atoms with Crippen molar-refractivity contribution in [3.63, 3.8) is 0 Å². The lowest BCUT2D eigenvalue weighted by molar-refractivity contribution is 0.554. The molecule has 1 saturated carbocycles. The number of nitrogens with one attached hydrogen (secondary N) is 1. The van der Waals surface area contributed by atoms with Crippen molar-refractivity contribution in [2.75, 3.05) is 22.7 Å². The molecule has 3 aromatic heterocycles. The fraction of sp³-hybridized carbons (Fsp3) is 0.296. The molecular weight excluding hydrogens is 526 g/mol. The van der Waals surface area contributed by atoms with Crippen molar-refractivity contribution >= 4 is 21.4 Å². The number of pyridine rings is 1. The van der Waals surface area contributed by atoms with Gasteiger partial charge in [0.1, 0.15) is 22.5 Å². The van der Waals surface area contributed by atoms with E-state index in [1.54, 1.807) is 12.4 Å². The zero-order valence-corrected chi connectivity index (χ0v) is 22.1. The average Bonchev–Trinajstić information content (AvgIpc) is 3.36. The lowest BCUT2D eigenvalue weighted by atomic mass is 10.2. The normalized spacial score (nSPS) is 13.7. The topological polar surface area (TPSA) is 106 Å². The molecule has 5 rings (SSSR count). The van der Waals surface area contributed by atoms with E-state index >= 15 is 4.39 Å². The molecule has 204 valence electrons. The van der Waals surface area contributed by atoms with E-state index in [1.165, 1.54) is 31.4 Å². The minimum Gasteiger partial charge on any atom is -0.471 e. The van der Waals surface area contributed by atoms with Crippen LogP contribution in [0.2, 0.25) is 0 Å². The Bertz CT molecular complexity index is 1570. The summed E-state index contributed by atoms with van der Waals surface area (Å²) >= 11 is 0. The Hall–Kier alpha value is -4.06. The number of anilines is 2. The quantitative estimate of drug-likeness (QED) is 0.228. The van der Waals surface area contributed by atoms with Crippen molar-refractivity contribution in [2.45, 2.75) is 37.5 Å². The second-order valence-electron chi connectivity index (χ2n) is 9.34. The van der Waals surface area contributed by atoms with Crippen molar-refractivity contribution in [2.24, 2.45) is 5.92 Å². The van der Waals surface area contributed by atoms with E-state index in [2.05, 4.69) is 44.0 Å². The molecule has 0 bridgehead atoms. The molecule has 0 atom stereocenters. The first-order valence-electron chi connectivity index (χ1n) is 12.7. The largest absolute Gasteiger partial charge is 0.471 e. The Morgan fingerprint density at radius 1 is 1.21 bits per heavy atom. The second-order valence-corrected chi connectivity index (χ2v) is 11.0. The minimum atomic E-state index is -4.14. The SMILES string of the molecule is CCCN(CC/C=C\C1CC1)c1cncc(-c2cn(-c3c(F)ccc(NS(=O)(=O)c4ccoc4)c3F)nn2)c1.